The molecule has 2 rings (SSSR count). The van der Waals surface area contributed by atoms with Crippen molar-refractivity contribution in [2.24, 2.45) is 7.05 Å². The lowest BCUT2D eigenvalue weighted by molar-refractivity contribution is -0.133. The van der Waals surface area contributed by atoms with Crippen molar-refractivity contribution in [3.8, 4) is 5.69 Å². The normalized spacial score (nSPS) is 10.5. The van der Waals surface area contributed by atoms with Crippen LogP contribution in [-0.2, 0) is 11.8 Å². The number of rotatable bonds is 4. The van der Waals surface area contributed by atoms with Crippen molar-refractivity contribution in [1.82, 2.24) is 9.36 Å². The molecule has 1 aromatic carbocycles. The SMILES string of the molecule is Cc1c(NC(=S)SCC(=O)O)c(=O)n(-c2ccccc2)n1C. The Labute approximate surface area is 136 Å². The number of anilines is 1. The average molecular weight is 337 g/mol. The summed E-state index contributed by atoms with van der Waals surface area (Å²) >= 11 is 6.05. The summed E-state index contributed by atoms with van der Waals surface area (Å²) in [5.41, 5.74) is 1.58. The van der Waals surface area contributed by atoms with Gasteiger partial charge in [-0.25, -0.2) is 4.68 Å². The van der Waals surface area contributed by atoms with Crippen LogP contribution >= 0.6 is 24.0 Å². The molecule has 22 heavy (non-hydrogen) atoms. The number of nitrogens with zero attached hydrogens (tertiary/aromatic N) is 2. The maximum absolute atomic E-state index is 12.6. The Hall–Kier alpha value is -2.06. The van der Waals surface area contributed by atoms with E-state index in [-0.39, 0.29) is 15.6 Å². The summed E-state index contributed by atoms with van der Waals surface area (Å²) in [5, 5.41) is 11.5. The van der Waals surface area contributed by atoms with Crippen molar-refractivity contribution in [2.75, 3.05) is 11.1 Å². The highest BCUT2D eigenvalue weighted by Gasteiger charge is 2.17. The minimum Gasteiger partial charge on any atom is -0.481 e. The number of para-hydroxylation sites is 1. The second-order valence-corrected chi connectivity index (χ2v) is 6.18. The molecule has 0 fully saturated rings. The van der Waals surface area contributed by atoms with Crippen LogP contribution in [0.1, 0.15) is 5.69 Å². The number of carboxylic acid groups (broad SMARTS) is 1. The maximum Gasteiger partial charge on any atom is 0.313 e. The van der Waals surface area contributed by atoms with E-state index in [1.54, 1.807) is 18.7 Å². The van der Waals surface area contributed by atoms with Gasteiger partial charge in [0.1, 0.15) is 10.0 Å². The van der Waals surface area contributed by atoms with Crippen LogP contribution in [0.2, 0.25) is 0 Å². The van der Waals surface area contributed by atoms with Gasteiger partial charge in [0.2, 0.25) is 0 Å². The van der Waals surface area contributed by atoms with E-state index in [0.717, 1.165) is 17.4 Å². The highest BCUT2D eigenvalue weighted by Crippen LogP contribution is 2.16. The largest absolute Gasteiger partial charge is 0.481 e. The average Bonchev–Trinajstić information content (AvgIpc) is 2.70. The van der Waals surface area contributed by atoms with Crippen LogP contribution in [-0.4, -0.2) is 30.5 Å². The molecule has 0 saturated heterocycles. The molecule has 0 radical (unpaired) electrons. The summed E-state index contributed by atoms with van der Waals surface area (Å²) in [7, 11) is 1.78. The number of benzene rings is 1. The fourth-order valence-electron chi connectivity index (χ4n) is 1.98. The second-order valence-electron chi connectivity index (χ2n) is 4.53. The van der Waals surface area contributed by atoms with Gasteiger partial charge in [0.25, 0.3) is 5.56 Å². The van der Waals surface area contributed by atoms with E-state index >= 15 is 0 Å². The first-order chi connectivity index (χ1) is 10.4. The quantitative estimate of drug-likeness (QED) is 0.831. The third kappa shape index (κ3) is 3.40. The van der Waals surface area contributed by atoms with Crippen molar-refractivity contribution in [3.05, 3.63) is 46.4 Å². The Balaban J connectivity index is 2.33. The standard InChI is InChI=1S/C14H15N3O3S2/c1-9-12(15-14(21)22-8-11(18)19)13(20)17(16(9)2)10-6-4-3-5-7-10/h3-7H,8H2,1-2H3,(H,15,21)(H,18,19). The molecule has 1 aromatic heterocycles. The first-order valence-corrected chi connectivity index (χ1v) is 7.80. The highest BCUT2D eigenvalue weighted by atomic mass is 32.2. The Bertz CT molecular complexity index is 766. The van der Waals surface area contributed by atoms with Crippen molar-refractivity contribution in [2.45, 2.75) is 6.92 Å². The number of aromatic nitrogens is 2. The molecule has 0 bridgehead atoms. The van der Waals surface area contributed by atoms with Crippen LogP contribution in [0.15, 0.2) is 35.1 Å². The number of carbonyl (C=O) groups is 1. The van der Waals surface area contributed by atoms with E-state index in [2.05, 4.69) is 5.32 Å². The predicted octanol–water partition coefficient (Wildman–Crippen LogP) is 2.00. The third-order valence-corrected chi connectivity index (χ3v) is 4.32. The van der Waals surface area contributed by atoms with E-state index in [4.69, 9.17) is 17.3 Å². The van der Waals surface area contributed by atoms with Crippen LogP contribution in [0.25, 0.3) is 5.69 Å². The van der Waals surface area contributed by atoms with E-state index in [9.17, 15) is 9.59 Å². The Morgan fingerprint density at radius 2 is 2.00 bits per heavy atom. The van der Waals surface area contributed by atoms with Crippen molar-refractivity contribution in [3.63, 3.8) is 0 Å². The van der Waals surface area contributed by atoms with Crippen LogP contribution in [0.3, 0.4) is 0 Å². The van der Waals surface area contributed by atoms with Gasteiger partial charge in [-0.2, -0.15) is 0 Å². The molecule has 0 aliphatic heterocycles. The Morgan fingerprint density at radius 1 is 1.36 bits per heavy atom. The molecule has 2 N–H and O–H groups in total. The zero-order valence-corrected chi connectivity index (χ0v) is 13.7. The lowest BCUT2D eigenvalue weighted by atomic mass is 10.3. The molecule has 0 atom stereocenters. The lowest BCUT2D eigenvalue weighted by Crippen LogP contribution is -2.22. The van der Waals surface area contributed by atoms with Crippen LogP contribution in [0.5, 0.6) is 0 Å². The molecule has 0 aliphatic carbocycles. The molecule has 0 spiro atoms. The topological polar surface area (TPSA) is 76.3 Å². The number of aliphatic carboxylic acids is 1. The summed E-state index contributed by atoms with van der Waals surface area (Å²) in [5.74, 6) is -1.11. The number of carboxylic acids is 1. The number of thioether (sulfide) groups is 1. The highest BCUT2D eigenvalue weighted by molar-refractivity contribution is 8.23. The van der Waals surface area contributed by atoms with Gasteiger partial charge in [-0.05, 0) is 19.1 Å². The molecular formula is C14H15N3O3S2. The van der Waals surface area contributed by atoms with Gasteiger partial charge in [-0.1, -0.05) is 42.2 Å². The van der Waals surface area contributed by atoms with Crippen molar-refractivity contribution >= 4 is 40.0 Å². The second kappa shape index (κ2) is 6.80. The Kier molecular flexibility index (Phi) is 5.04. The molecular weight excluding hydrogens is 322 g/mol. The minimum absolute atomic E-state index is 0.148. The lowest BCUT2D eigenvalue weighted by Gasteiger charge is -2.07. The zero-order valence-electron chi connectivity index (χ0n) is 12.1. The molecule has 116 valence electrons. The molecule has 0 aliphatic rings. The summed E-state index contributed by atoms with van der Waals surface area (Å²) in [6.45, 7) is 1.80. The first kappa shape index (κ1) is 16.3. The first-order valence-electron chi connectivity index (χ1n) is 6.41. The van der Waals surface area contributed by atoms with Crippen molar-refractivity contribution < 1.29 is 9.90 Å². The van der Waals surface area contributed by atoms with Gasteiger partial charge in [-0.3, -0.25) is 14.3 Å². The van der Waals surface area contributed by atoms with Crippen LogP contribution in [0, 0.1) is 6.92 Å². The number of thiocarbonyl (C=S) groups is 1. The number of nitrogens with one attached hydrogen (secondary N) is 1. The van der Waals surface area contributed by atoms with Gasteiger partial charge in [0.05, 0.1) is 17.1 Å². The summed E-state index contributed by atoms with van der Waals surface area (Å²) in [6, 6.07) is 9.25. The zero-order chi connectivity index (χ0) is 16.3. The smallest absolute Gasteiger partial charge is 0.313 e. The monoisotopic (exact) mass is 337 g/mol. The molecule has 0 amide bonds. The van der Waals surface area contributed by atoms with Crippen LogP contribution < -0.4 is 10.9 Å². The van der Waals surface area contributed by atoms with Gasteiger partial charge < -0.3 is 10.4 Å². The molecule has 0 saturated carbocycles. The van der Waals surface area contributed by atoms with Crippen molar-refractivity contribution in [1.29, 1.82) is 0 Å². The van der Waals surface area contributed by atoms with Gasteiger partial charge in [0.15, 0.2) is 0 Å². The number of hydrogen-bond acceptors (Lipinski definition) is 4. The molecule has 2 aromatic rings. The molecule has 1 heterocycles. The van der Waals surface area contributed by atoms with E-state index in [1.165, 1.54) is 4.68 Å². The summed E-state index contributed by atoms with van der Waals surface area (Å²) < 4.78 is 3.51. The molecule has 0 unspecified atom stereocenters. The summed E-state index contributed by atoms with van der Waals surface area (Å²) in [6.07, 6.45) is 0. The number of hydrogen-bond donors (Lipinski definition) is 2. The molecule has 8 heteroatoms. The summed E-state index contributed by atoms with van der Waals surface area (Å²) in [4.78, 5) is 23.1. The van der Waals surface area contributed by atoms with Gasteiger partial charge >= 0.3 is 5.97 Å². The maximum atomic E-state index is 12.6. The van der Waals surface area contributed by atoms with E-state index in [1.807, 2.05) is 30.3 Å². The Morgan fingerprint density at radius 3 is 2.59 bits per heavy atom. The predicted molar refractivity (Wildman–Crippen MR) is 92.1 cm³/mol. The molecule has 6 nitrogen and oxygen atoms in total. The minimum atomic E-state index is -0.958. The fourth-order valence-corrected chi connectivity index (χ4v) is 2.69. The van der Waals surface area contributed by atoms with E-state index < -0.39 is 5.97 Å². The third-order valence-electron chi connectivity index (χ3n) is 3.11. The van der Waals surface area contributed by atoms with Crippen LogP contribution in [0.4, 0.5) is 5.69 Å². The van der Waals surface area contributed by atoms with Gasteiger partial charge in [-0.15, -0.1) is 0 Å². The van der Waals surface area contributed by atoms with E-state index in [0.29, 0.717) is 11.4 Å². The van der Waals surface area contributed by atoms with Gasteiger partial charge in [0, 0.05) is 7.05 Å². The fraction of sp³-hybridized carbons (Fsp3) is 0.214.